The predicted molar refractivity (Wildman–Crippen MR) is 62.1 cm³/mol. The molecule has 2 atom stereocenters. The van der Waals surface area contributed by atoms with Gasteiger partial charge in [0.2, 0.25) is 0 Å². The van der Waals surface area contributed by atoms with E-state index in [2.05, 4.69) is 12.1 Å². The molecule has 0 heterocycles. The SMILES string of the molecule is O=CC1CC(C=O)CC(c2ccccc2)C1. The second kappa shape index (κ2) is 5.06. The molecule has 1 saturated carbocycles. The molecule has 0 bridgehead atoms. The molecular weight excluding hydrogens is 200 g/mol. The Hall–Kier alpha value is -1.44. The summed E-state index contributed by atoms with van der Waals surface area (Å²) in [6, 6.07) is 10.2. The van der Waals surface area contributed by atoms with Crippen LogP contribution in [-0.4, -0.2) is 12.6 Å². The Bertz CT molecular complexity index is 342. The Kier molecular flexibility index (Phi) is 3.50. The smallest absolute Gasteiger partial charge is 0.123 e. The predicted octanol–water partition coefficient (Wildman–Crippen LogP) is 2.58. The quantitative estimate of drug-likeness (QED) is 0.728. The van der Waals surface area contributed by atoms with Gasteiger partial charge in [-0.1, -0.05) is 30.3 Å². The van der Waals surface area contributed by atoms with Gasteiger partial charge in [0.05, 0.1) is 0 Å². The van der Waals surface area contributed by atoms with Crippen LogP contribution in [0.25, 0.3) is 0 Å². The maximum atomic E-state index is 10.9. The molecule has 0 N–H and O–H groups in total. The summed E-state index contributed by atoms with van der Waals surface area (Å²) in [6.45, 7) is 0. The summed E-state index contributed by atoms with van der Waals surface area (Å²) in [5.41, 5.74) is 1.25. The second-order valence-electron chi connectivity index (χ2n) is 4.61. The Morgan fingerprint density at radius 2 is 1.44 bits per heavy atom. The number of carbonyl (C=O) groups is 2. The average molecular weight is 216 g/mol. The fraction of sp³-hybridized carbons (Fsp3) is 0.429. The third-order valence-corrected chi connectivity index (χ3v) is 3.44. The molecule has 1 aromatic carbocycles. The van der Waals surface area contributed by atoms with Crippen LogP contribution in [0.15, 0.2) is 30.3 Å². The highest BCUT2D eigenvalue weighted by atomic mass is 16.1. The highest BCUT2D eigenvalue weighted by Gasteiger charge is 2.29. The van der Waals surface area contributed by atoms with Gasteiger partial charge in [0, 0.05) is 11.8 Å². The van der Waals surface area contributed by atoms with Crippen LogP contribution in [0.2, 0.25) is 0 Å². The number of hydrogen-bond acceptors (Lipinski definition) is 2. The van der Waals surface area contributed by atoms with E-state index in [1.54, 1.807) is 0 Å². The molecule has 84 valence electrons. The first-order chi connectivity index (χ1) is 7.83. The number of hydrogen-bond donors (Lipinski definition) is 0. The lowest BCUT2D eigenvalue weighted by atomic mass is 9.73. The molecule has 2 heteroatoms. The minimum Gasteiger partial charge on any atom is -0.303 e. The summed E-state index contributed by atoms with van der Waals surface area (Å²) < 4.78 is 0. The van der Waals surface area contributed by atoms with E-state index in [4.69, 9.17) is 0 Å². The normalized spacial score (nSPS) is 29.6. The molecule has 2 unspecified atom stereocenters. The van der Waals surface area contributed by atoms with Crippen molar-refractivity contribution in [3.8, 4) is 0 Å². The van der Waals surface area contributed by atoms with Crippen LogP contribution in [0, 0.1) is 11.8 Å². The molecule has 0 spiro atoms. The molecule has 16 heavy (non-hydrogen) atoms. The first kappa shape index (κ1) is 11.1. The number of benzene rings is 1. The lowest BCUT2D eigenvalue weighted by Gasteiger charge is -2.30. The molecule has 0 saturated heterocycles. The fourth-order valence-corrected chi connectivity index (χ4v) is 2.63. The van der Waals surface area contributed by atoms with E-state index in [1.807, 2.05) is 18.2 Å². The molecule has 1 aliphatic rings. The maximum absolute atomic E-state index is 10.9. The number of carbonyl (C=O) groups excluding carboxylic acids is 2. The topological polar surface area (TPSA) is 34.1 Å². The van der Waals surface area contributed by atoms with Crippen molar-refractivity contribution in [1.29, 1.82) is 0 Å². The van der Waals surface area contributed by atoms with Crippen molar-refractivity contribution in [3.63, 3.8) is 0 Å². The van der Waals surface area contributed by atoms with E-state index in [9.17, 15) is 9.59 Å². The summed E-state index contributed by atoms with van der Waals surface area (Å²) in [6.07, 6.45) is 4.52. The molecule has 2 nitrogen and oxygen atoms in total. The maximum Gasteiger partial charge on any atom is 0.123 e. The molecule has 0 radical (unpaired) electrons. The molecule has 1 aliphatic carbocycles. The van der Waals surface area contributed by atoms with E-state index in [-0.39, 0.29) is 11.8 Å². The first-order valence-corrected chi connectivity index (χ1v) is 5.79. The highest BCUT2D eigenvalue weighted by Crippen LogP contribution is 2.37. The van der Waals surface area contributed by atoms with Crippen LogP contribution in [0.5, 0.6) is 0 Å². The fourth-order valence-electron chi connectivity index (χ4n) is 2.63. The minimum absolute atomic E-state index is 0.0501. The van der Waals surface area contributed by atoms with Crippen LogP contribution >= 0.6 is 0 Å². The molecule has 2 rings (SSSR count). The molecule has 1 aromatic rings. The third kappa shape index (κ3) is 2.38. The van der Waals surface area contributed by atoms with Crippen molar-refractivity contribution < 1.29 is 9.59 Å². The van der Waals surface area contributed by atoms with Crippen molar-refractivity contribution in [2.24, 2.45) is 11.8 Å². The average Bonchev–Trinajstić information content (AvgIpc) is 2.39. The summed E-state index contributed by atoms with van der Waals surface area (Å²) in [5.74, 6) is 0.462. The van der Waals surface area contributed by atoms with Gasteiger partial charge in [-0.2, -0.15) is 0 Å². The monoisotopic (exact) mass is 216 g/mol. The van der Waals surface area contributed by atoms with Gasteiger partial charge in [-0.3, -0.25) is 0 Å². The zero-order chi connectivity index (χ0) is 11.4. The van der Waals surface area contributed by atoms with E-state index in [0.717, 1.165) is 31.8 Å². The van der Waals surface area contributed by atoms with Crippen LogP contribution in [0.1, 0.15) is 30.7 Å². The van der Waals surface area contributed by atoms with Gasteiger partial charge >= 0.3 is 0 Å². The van der Waals surface area contributed by atoms with E-state index >= 15 is 0 Å². The van der Waals surface area contributed by atoms with Gasteiger partial charge in [0.25, 0.3) is 0 Å². The highest BCUT2D eigenvalue weighted by molar-refractivity contribution is 5.59. The van der Waals surface area contributed by atoms with Gasteiger partial charge in [0.15, 0.2) is 0 Å². The van der Waals surface area contributed by atoms with Gasteiger partial charge in [-0.15, -0.1) is 0 Å². The Labute approximate surface area is 95.7 Å². The molecule has 1 fully saturated rings. The zero-order valence-electron chi connectivity index (χ0n) is 9.21. The van der Waals surface area contributed by atoms with E-state index in [0.29, 0.717) is 5.92 Å². The van der Waals surface area contributed by atoms with E-state index in [1.165, 1.54) is 5.56 Å². The van der Waals surface area contributed by atoms with Gasteiger partial charge < -0.3 is 9.59 Å². The number of aldehydes is 2. The lowest BCUT2D eigenvalue weighted by Crippen LogP contribution is -2.23. The Balaban J connectivity index is 2.15. The Morgan fingerprint density at radius 1 is 0.875 bits per heavy atom. The van der Waals surface area contributed by atoms with E-state index < -0.39 is 0 Å². The third-order valence-electron chi connectivity index (χ3n) is 3.44. The molecule has 0 amide bonds. The van der Waals surface area contributed by atoms with Gasteiger partial charge in [-0.05, 0) is 30.7 Å². The summed E-state index contributed by atoms with van der Waals surface area (Å²) >= 11 is 0. The summed E-state index contributed by atoms with van der Waals surface area (Å²) in [5, 5.41) is 0. The van der Waals surface area contributed by atoms with Gasteiger partial charge in [0.1, 0.15) is 12.6 Å². The van der Waals surface area contributed by atoms with Crippen LogP contribution < -0.4 is 0 Å². The van der Waals surface area contributed by atoms with Crippen LogP contribution in [-0.2, 0) is 9.59 Å². The van der Waals surface area contributed by atoms with Crippen molar-refractivity contribution in [1.82, 2.24) is 0 Å². The largest absolute Gasteiger partial charge is 0.303 e. The van der Waals surface area contributed by atoms with Crippen molar-refractivity contribution >= 4 is 12.6 Å². The van der Waals surface area contributed by atoms with Crippen molar-refractivity contribution in [2.75, 3.05) is 0 Å². The van der Waals surface area contributed by atoms with Crippen molar-refractivity contribution in [2.45, 2.75) is 25.2 Å². The molecule has 0 aliphatic heterocycles. The van der Waals surface area contributed by atoms with Crippen LogP contribution in [0.3, 0.4) is 0 Å². The standard InChI is InChI=1S/C14H16O2/c15-9-11-6-12(10-16)8-14(7-11)13-4-2-1-3-5-13/h1-5,9-12,14H,6-8H2. The second-order valence-corrected chi connectivity index (χ2v) is 4.61. The lowest BCUT2D eigenvalue weighted by molar-refractivity contribution is -0.115. The molecular formula is C14H16O2. The summed E-state index contributed by atoms with van der Waals surface area (Å²) in [4.78, 5) is 21.8. The van der Waals surface area contributed by atoms with Crippen molar-refractivity contribution in [3.05, 3.63) is 35.9 Å². The molecule has 0 aromatic heterocycles. The van der Waals surface area contributed by atoms with Crippen LogP contribution in [0.4, 0.5) is 0 Å². The minimum atomic E-state index is 0.0501. The zero-order valence-corrected chi connectivity index (χ0v) is 9.21. The van der Waals surface area contributed by atoms with Gasteiger partial charge in [-0.25, -0.2) is 0 Å². The number of rotatable bonds is 3. The summed E-state index contributed by atoms with van der Waals surface area (Å²) in [7, 11) is 0. The first-order valence-electron chi connectivity index (χ1n) is 5.79. The Morgan fingerprint density at radius 3 is 1.94 bits per heavy atom.